The summed E-state index contributed by atoms with van der Waals surface area (Å²) in [4.78, 5) is 28.3. The Bertz CT molecular complexity index is 1130. The van der Waals surface area contributed by atoms with Gasteiger partial charge in [-0.15, -0.1) is 11.3 Å². The Kier molecular flexibility index (Phi) is 6.32. The summed E-state index contributed by atoms with van der Waals surface area (Å²) in [7, 11) is 0. The van der Waals surface area contributed by atoms with Crippen LogP contribution in [0.2, 0.25) is 0 Å². The van der Waals surface area contributed by atoms with Crippen LogP contribution in [0.25, 0.3) is 5.76 Å². The molecule has 1 unspecified atom stereocenters. The number of furan rings is 1. The lowest BCUT2D eigenvalue weighted by Crippen LogP contribution is -2.28. The monoisotopic (exact) mass is 453 g/mol. The predicted octanol–water partition coefficient (Wildman–Crippen LogP) is 4.76. The molecular weight excluding hydrogens is 430 g/mol. The zero-order valence-corrected chi connectivity index (χ0v) is 18.6. The van der Waals surface area contributed by atoms with Gasteiger partial charge in [0.1, 0.15) is 29.1 Å². The van der Waals surface area contributed by atoms with Gasteiger partial charge in [0, 0.05) is 10.9 Å². The van der Waals surface area contributed by atoms with E-state index < -0.39 is 17.7 Å². The number of nitrogens with zero attached hydrogens (tertiary/aromatic N) is 1. The van der Waals surface area contributed by atoms with Gasteiger partial charge in [-0.1, -0.05) is 6.07 Å². The topological polar surface area (TPSA) is 89.2 Å². The molecule has 1 aliphatic rings. The van der Waals surface area contributed by atoms with Crippen molar-refractivity contribution in [3.05, 3.63) is 75.9 Å². The van der Waals surface area contributed by atoms with Gasteiger partial charge in [0.15, 0.2) is 0 Å². The van der Waals surface area contributed by atoms with E-state index in [0.717, 1.165) is 4.88 Å². The fourth-order valence-corrected chi connectivity index (χ4v) is 4.58. The minimum absolute atomic E-state index is 0.0223. The first-order chi connectivity index (χ1) is 15.5. The van der Waals surface area contributed by atoms with Crippen LogP contribution in [0.1, 0.15) is 36.1 Å². The van der Waals surface area contributed by atoms with Crippen LogP contribution >= 0.6 is 11.3 Å². The zero-order valence-electron chi connectivity index (χ0n) is 17.7. The lowest BCUT2D eigenvalue weighted by atomic mass is 9.99. The van der Waals surface area contributed by atoms with Crippen molar-refractivity contribution in [2.45, 2.75) is 26.4 Å². The molecule has 7 nitrogen and oxygen atoms in total. The van der Waals surface area contributed by atoms with Crippen LogP contribution in [0, 0.1) is 0 Å². The number of aliphatic hydroxyl groups is 1. The number of likely N-dealkylation sites (tertiary alicyclic amines) is 1. The van der Waals surface area contributed by atoms with E-state index in [2.05, 4.69) is 0 Å². The molecular formula is C24H23NO6S. The highest BCUT2D eigenvalue weighted by molar-refractivity contribution is 7.10. The van der Waals surface area contributed by atoms with E-state index in [-0.39, 0.29) is 17.9 Å². The number of carbonyl (C=O) groups is 2. The van der Waals surface area contributed by atoms with Gasteiger partial charge in [-0.2, -0.15) is 0 Å². The molecule has 1 saturated heterocycles. The molecule has 0 spiro atoms. The number of ether oxygens (including phenoxy) is 2. The van der Waals surface area contributed by atoms with Crippen LogP contribution in [0.5, 0.6) is 11.5 Å². The standard InChI is InChI=1S/C24H23NO6S/c1-3-29-15-9-10-17(18(13-15)30-4-2)22(26)20-21(19-8-6-12-32-19)25(24(28)23(20)27)14-16-7-5-11-31-16/h5-13,21,26H,3-4,14H2,1-2H3/b22-20-. The van der Waals surface area contributed by atoms with Gasteiger partial charge in [0.25, 0.3) is 11.7 Å². The number of thiophene rings is 1. The summed E-state index contributed by atoms with van der Waals surface area (Å²) in [5.74, 6) is -0.215. The number of benzene rings is 1. The molecule has 2 aromatic heterocycles. The molecule has 166 valence electrons. The van der Waals surface area contributed by atoms with Crippen LogP contribution in [0.4, 0.5) is 0 Å². The van der Waals surface area contributed by atoms with Crippen molar-refractivity contribution in [2.24, 2.45) is 0 Å². The minimum Gasteiger partial charge on any atom is -0.507 e. The second kappa shape index (κ2) is 9.32. The number of hydrogen-bond acceptors (Lipinski definition) is 7. The van der Waals surface area contributed by atoms with Crippen molar-refractivity contribution in [1.82, 2.24) is 4.90 Å². The molecule has 3 aromatic rings. The average Bonchev–Trinajstić information content (AvgIpc) is 3.53. The Morgan fingerprint density at radius 2 is 1.94 bits per heavy atom. The number of Topliss-reactive ketones (excluding diaryl/α,β-unsaturated/α-hetero) is 1. The molecule has 1 aliphatic heterocycles. The van der Waals surface area contributed by atoms with Gasteiger partial charge in [-0.25, -0.2) is 0 Å². The molecule has 0 aliphatic carbocycles. The molecule has 0 radical (unpaired) electrons. The van der Waals surface area contributed by atoms with Crippen molar-refractivity contribution in [1.29, 1.82) is 0 Å². The smallest absolute Gasteiger partial charge is 0.296 e. The van der Waals surface area contributed by atoms with Crippen LogP contribution in [-0.2, 0) is 16.1 Å². The summed E-state index contributed by atoms with van der Waals surface area (Å²) in [6.45, 7) is 4.64. The van der Waals surface area contributed by atoms with Crippen molar-refractivity contribution >= 4 is 28.8 Å². The first-order valence-corrected chi connectivity index (χ1v) is 11.2. The Morgan fingerprint density at radius 1 is 1.12 bits per heavy atom. The van der Waals surface area contributed by atoms with Crippen LogP contribution in [0.15, 0.2) is 64.1 Å². The molecule has 0 saturated carbocycles. The number of amides is 1. The largest absolute Gasteiger partial charge is 0.507 e. The predicted molar refractivity (Wildman–Crippen MR) is 120 cm³/mol. The lowest BCUT2D eigenvalue weighted by molar-refractivity contribution is -0.140. The highest BCUT2D eigenvalue weighted by atomic mass is 32.1. The molecule has 1 atom stereocenters. The number of carbonyl (C=O) groups excluding carboxylic acids is 2. The first kappa shape index (κ1) is 21.7. The van der Waals surface area contributed by atoms with Gasteiger partial charge >= 0.3 is 0 Å². The minimum atomic E-state index is -0.746. The Balaban J connectivity index is 1.84. The van der Waals surface area contributed by atoms with Crippen molar-refractivity contribution in [3.8, 4) is 11.5 Å². The number of hydrogen-bond donors (Lipinski definition) is 1. The SMILES string of the molecule is CCOc1ccc(/C(O)=C2/C(=O)C(=O)N(Cc3ccco3)C2c2cccs2)c(OCC)c1. The summed E-state index contributed by atoms with van der Waals surface area (Å²) in [6, 6.07) is 11.4. The maximum Gasteiger partial charge on any atom is 0.296 e. The molecule has 1 N–H and O–H groups in total. The zero-order chi connectivity index (χ0) is 22.7. The van der Waals surface area contributed by atoms with Crippen molar-refractivity contribution in [3.63, 3.8) is 0 Å². The quantitative estimate of drug-likeness (QED) is 0.301. The van der Waals surface area contributed by atoms with E-state index in [1.54, 1.807) is 30.3 Å². The lowest BCUT2D eigenvalue weighted by Gasteiger charge is -2.23. The van der Waals surface area contributed by atoms with Gasteiger partial charge in [-0.05, 0) is 49.6 Å². The van der Waals surface area contributed by atoms with Crippen molar-refractivity contribution < 1.29 is 28.6 Å². The Labute approximate surface area is 189 Å². The summed E-state index contributed by atoms with van der Waals surface area (Å²) < 4.78 is 16.6. The maximum absolute atomic E-state index is 13.1. The third kappa shape index (κ3) is 4.01. The molecule has 1 aromatic carbocycles. The molecule has 8 heteroatoms. The van der Waals surface area contributed by atoms with E-state index in [1.807, 2.05) is 31.4 Å². The van der Waals surface area contributed by atoms with Gasteiger partial charge in [-0.3, -0.25) is 9.59 Å². The average molecular weight is 454 g/mol. The number of ketones is 1. The van der Waals surface area contributed by atoms with Crippen LogP contribution < -0.4 is 9.47 Å². The van der Waals surface area contributed by atoms with E-state index >= 15 is 0 Å². The molecule has 4 rings (SSSR count). The van der Waals surface area contributed by atoms with Gasteiger partial charge in [0.05, 0.1) is 37.2 Å². The van der Waals surface area contributed by atoms with Gasteiger partial charge in [0.2, 0.25) is 0 Å². The Morgan fingerprint density at radius 3 is 2.59 bits per heavy atom. The first-order valence-electron chi connectivity index (χ1n) is 10.3. The second-order valence-corrected chi connectivity index (χ2v) is 8.03. The fraction of sp³-hybridized carbons (Fsp3) is 0.250. The van der Waals surface area contributed by atoms with E-state index in [1.165, 1.54) is 22.5 Å². The molecule has 1 amide bonds. The summed E-state index contributed by atoms with van der Waals surface area (Å²) >= 11 is 1.41. The fourth-order valence-electron chi connectivity index (χ4n) is 3.73. The molecule has 0 bridgehead atoms. The third-order valence-corrected chi connectivity index (χ3v) is 6.00. The highest BCUT2D eigenvalue weighted by Crippen LogP contribution is 2.43. The van der Waals surface area contributed by atoms with Crippen LogP contribution in [-0.4, -0.2) is 34.9 Å². The summed E-state index contributed by atoms with van der Waals surface area (Å²) in [5, 5.41) is 13.2. The number of rotatable bonds is 8. The Hall–Kier alpha value is -3.52. The summed E-state index contributed by atoms with van der Waals surface area (Å²) in [5.41, 5.74) is 0.349. The van der Waals surface area contributed by atoms with Crippen molar-refractivity contribution in [2.75, 3.05) is 13.2 Å². The van der Waals surface area contributed by atoms with E-state index in [0.29, 0.717) is 36.0 Å². The maximum atomic E-state index is 13.1. The second-order valence-electron chi connectivity index (χ2n) is 7.05. The van der Waals surface area contributed by atoms with Crippen LogP contribution in [0.3, 0.4) is 0 Å². The van der Waals surface area contributed by atoms with Gasteiger partial charge < -0.3 is 23.9 Å². The molecule has 1 fully saturated rings. The normalized spacial score (nSPS) is 17.7. The highest BCUT2D eigenvalue weighted by Gasteiger charge is 2.47. The van der Waals surface area contributed by atoms with E-state index in [9.17, 15) is 14.7 Å². The molecule has 3 heterocycles. The van der Waals surface area contributed by atoms with E-state index in [4.69, 9.17) is 13.9 Å². The third-order valence-electron chi connectivity index (χ3n) is 5.08. The molecule has 32 heavy (non-hydrogen) atoms. The number of aliphatic hydroxyl groups excluding tert-OH is 1. The summed E-state index contributed by atoms with van der Waals surface area (Å²) in [6.07, 6.45) is 1.51.